The van der Waals surface area contributed by atoms with Gasteiger partial charge in [0.1, 0.15) is 5.60 Å². The second-order valence-electron chi connectivity index (χ2n) is 10.5. The van der Waals surface area contributed by atoms with E-state index in [4.69, 9.17) is 19.9 Å². The maximum atomic E-state index is 11.8. The predicted octanol–water partition coefficient (Wildman–Crippen LogP) is 1.96. The molecule has 180 valence electrons. The summed E-state index contributed by atoms with van der Waals surface area (Å²) in [6.07, 6.45) is 7.69. The van der Waals surface area contributed by atoms with Crippen LogP contribution in [0.25, 0.3) is 0 Å². The number of nitrogens with one attached hydrogen (secondary N) is 1. The molecule has 2 saturated carbocycles. The second kappa shape index (κ2) is 10.8. The number of carbonyl (C=O) groups excluding carboxylic acids is 1. The third-order valence-electron chi connectivity index (χ3n) is 7.07. The molecule has 4 aliphatic rings. The molecule has 0 aromatic carbocycles. The van der Waals surface area contributed by atoms with Crippen LogP contribution >= 0.6 is 0 Å². The lowest BCUT2D eigenvalue weighted by Gasteiger charge is -2.44. The van der Waals surface area contributed by atoms with Gasteiger partial charge in [0.25, 0.3) is 0 Å². The first-order valence-electron chi connectivity index (χ1n) is 12.0. The molecule has 0 aromatic heterocycles. The van der Waals surface area contributed by atoms with Crippen LogP contribution in [0, 0.1) is 0 Å². The lowest BCUT2D eigenvalue weighted by molar-refractivity contribution is -0.0541. The fourth-order valence-corrected chi connectivity index (χ4v) is 5.21. The molecule has 2 saturated heterocycles. The topological polar surface area (TPSA) is 89.3 Å². The highest BCUT2D eigenvalue weighted by Crippen LogP contribution is 2.29. The number of alkyl carbamates (subject to hydrolysis) is 1. The SMILES string of the molecule is COC1CN(C2CCC[C@@H]2N)C1.COC1CN(C2CCC[C@@H]2NC(=O)OC(C)(C)C)C1. The van der Waals surface area contributed by atoms with E-state index in [0.717, 1.165) is 39.0 Å². The molecule has 1 amide bonds. The van der Waals surface area contributed by atoms with Crippen molar-refractivity contribution in [2.45, 2.75) is 101 Å². The van der Waals surface area contributed by atoms with Crippen LogP contribution in [0.4, 0.5) is 4.79 Å². The van der Waals surface area contributed by atoms with Crippen molar-refractivity contribution in [1.82, 2.24) is 15.1 Å². The Morgan fingerprint density at radius 3 is 1.87 bits per heavy atom. The average molecular weight is 441 g/mol. The number of ether oxygens (including phenoxy) is 3. The quantitative estimate of drug-likeness (QED) is 0.675. The lowest BCUT2D eigenvalue weighted by atomic mass is 10.0. The van der Waals surface area contributed by atoms with Gasteiger partial charge in [-0.05, 0) is 52.9 Å². The van der Waals surface area contributed by atoms with E-state index in [2.05, 4.69) is 15.1 Å². The molecule has 0 radical (unpaired) electrons. The van der Waals surface area contributed by atoms with Gasteiger partial charge in [-0.25, -0.2) is 4.79 Å². The first-order valence-corrected chi connectivity index (χ1v) is 12.0. The van der Waals surface area contributed by atoms with E-state index in [9.17, 15) is 4.79 Å². The van der Waals surface area contributed by atoms with E-state index in [-0.39, 0.29) is 12.1 Å². The van der Waals surface area contributed by atoms with Crippen LogP contribution in [0.15, 0.2) is 0 Å². The third-order valence-corrected chi connectivity index (χ3v) is 7.07. The van der Waals surface area contributed by atoms with Gasteiger partial charge in [-0.2, -0.15) is 0 Å². The Morgan fingerprint density at radius 2 is 1.39 bits per heavy atom. The maximum absolute atomic E-state index is 11.8. The van der Waals surface area contributed by atoms with Crippen LogP contribution in [-0.2, 0) is 14.2 Å². The summed E-state index contributed by atoms with van der Waals surface area (Å²) in [5, 5.41) is 3.02. The molecule has 4 atom stereocenters. The molecular weight excluding hydrogens is 396 g/mol. The zero-order chi connectivity index (χ0) is 22.6. The maximum Gasteiger partial charge on any atom is 0.407 e. The van der Waals surface area contributed by atoms with Crippen molar-refractivity contribution >= 4 is 6.09 Å². The second-order valence-corrected chi connectivity index (χ2v) is 10.5. The third kappa shape index (κ3) is 6.78. The summed E-state index contributed by atoms with van der Waals surface area (Å²) >= 11 is 0. The highest BCUT2D eigenvalue weighted by molar-refractivity contribution is 5.68. The highest BCUT2D eigenvalue weighted by atomic mass is 16.6. The standard InChI is InChI=1S/C14H26N2O3.C9H18N2O/c1-14(2,3)19-13(17)15-11-6-5-7-12(11)16-8-10(9-16)18-4;1-12-7-5-11(6-7)9-4-2-3-8(9)10/h10-12H,5-9H2,1-4H3,(H,15,17);7-9H,2-6,10H2,1H3/t11-,12?;8-,9?/m00/s1. The molecule has 4 rings (SSSR count). The average Bonchev–Trinajstić information content (AvgIpc) is 3.22. The Hall–Kier alpha value is -0.930. The van der Waals surface area contributed by atoms with Crippen LogP contribution in [0.1, 0.15) is 59.3 Å². The molecule has 2 aliphatic heterocycles. The molecule has 8 nitrogen and oxygen atoms in total. The molecule has 8 heteroatoms. The van der Waals surface area contributed by atoms with Crippen LogP contribution in [0.5, 0.6) is 0 Å². The summed E-state index contributed by atoms with van der Waals surface area (Å²) in [6.45, 7) is 9.80. The number of amides is 1. The van der Waals surface area contributed by atoms with Gasteiger partial charge >= 0.3 is 6.09 Å². The Morgan fingerprint density at radius 1 is 0.871 bits per heavy atom. The largest absolute Gasteiger partial charge is 0.444 e. The first-order chi connectivity index (χ1) is 14.7. The Labute approximate surface area is 188 Å². The van der Waals surface area contributed by atoms with Gasteiger partial charge in [-0.15, -0.1) is 0 Å². The van der Waals surface area contributed by atoms with Gasteiger partial charge in [0.2, 0.25) is 0 Å². The summed E-state index contributed by atoms with van der Waals surface area (Å²) in [4.78, 5) is 16.7. The van der Waals surface area contributed by atoms with Crippen LogP contribution in [0.3, 0.4) is 0 Å². The smallest absolute Gasteiger partial charge is 0.407 e. The number of carbonyl (C=O) groups is 1. The summed E-state index contributed by atoms with van der Waals surface area (Å²) in [6, 6.07) is 1.73. The lowest BCUT2D eigenvalue weighted by Crippen LogP contribution is -2.60. The van der Waals surface area contributed by atoms with Crippen LogP contribution in [0.2, 0.25) is 0 Å². The fraction of sp³-hybridized carbons (Fsp3) is 0.957. The van der Waals surface area contributed by atoms with Crippen LogP contribution < -0.4 is 11.1 Å². The van der Waals surface area contributed by atoms with Crippen molar-refractivity contribution in [2.24, 2.45) is 5.73 Å². The molecule has 2 aliphatic carbocycles. The monoisotopic (exact) mass is 440 g/mol. The zero-order valence-corrected chi connectivity index (χ0v) is 20.1. The Balaban J connectivity index is 0.000000194. The van der Waals surface area contributed by atoms with Crippen LogP contribution in [-0.4, -0.2) is 98.3 Å². The summed E-state index contributed by atoms with van der Waals surface area (Å²) < 4.78 is 15.9. The van der Waals surface area contributed by atoms with Crippen molar-refractivity contribution < 1.29 is 19.0 Å². The van der Waals surface area contributed by atoms with Gasteiger partial charge in [-0.1, -0.05) is 6.42 Å². The molecule has 2 heterocycles. The minimum absolute atomic E-state index is 0.215. The molecule has 2 unspecified atom stereocenters. The predicted molar refractivity (Wildman–Crippen MR) is 121 cm³/mol. The number of likely N-dealkylation sites (tertiary alicyclic amines) is 2. The molecule has 0 aromatic rings. The molecule has 0 spiro atoms. The Kier molecular flexibility index (Phi) is 8.60. The van der Waals surface area contributed by atoms with E-state index < -0.39 is 5.60 Å². The van der Waals surface area contributed by atoms with Crippen molar-refractivity contribution in [1.29, 1.82) is 0 Å². The van der Waals surface area contributed by atoms with Crippen molar-refractivity contribution in [3.8, 4) is 0 Å². The number of nitrogens with two attached hydrogens (primary N) is 1. The number of methoxy groups -OCH3 is 2. The summed E-state index contributed by atoms with van der Waals surface area (Å²) in [7, 11) is 3.55. The molecule has 31 heavy (non-hydrogen) atoms. The highest BCUT2D eigenvalue weighted by Gasteiger charge is 2.40. The van der Waals surface area contributed by atoms with Crippen molar-refractivity contribution in [2.75, 3.05) is 40.4 Å². The first kappa shape index (κ1) is 24.7. The van der Waals surface area contributed by atoms with Gasteiger partial charge in [0.15, 0.2) is 0 Å². The van der Waals surface area contributed by atoms with Gasteiger partial charge in [-0.3, -0.25) is 9.80 Å². The Bertz CT molecular complexity index is 572. The summed E-state index contributed by atoms with van der Waals surface area (Å²) in [5.41, 5.74) is 5.56. The molecule has 3 N–H and O–H groups in total. The van der Waals surface area contributed by atoms with E-state index in [1.165, 1.54) is 25.7 Å². The van der Waals surface area contributed by atoms with Gasteiger partial charge in [0.05, 0.1) is 12.2 Å². The molecule has 4 fully saturated rings. The van der Waals surface area contributed by atoms with E-state index in [1.807, 2.05) is 20.8 Å². The number of nitrogens with zero attached hydrogens (tertiary/aromatic N) is 2. The summed E-state index contributed by atoms with van der Waals surface area (Å²) in [5.74, 6) is 0. The molecular formula is C23H44N4O4. The van der Waals surface area contributed by atoms with E-state index in [1.54, 1.807) is 14.2 Å². The zero-order valence-electron chi connectivity index (χ0n) is 20.1. The fourth-order valence-electron chi connectivity index (χ4n) is 5.21. The number of hydrogen-bond donors (Lipinski definition) is 2. The normalized spacial score (nSPS) is 32.7. The number of rotatable bonds is 5. The van der Waals surface area contributed by atoms with E-state index in [0.29, 0.717) is 30.3 Å². The number of hydrogen-bond acceptors (Lipinski definition) is 7. The van der Waals surface area contributed by atoms with Gasteiger partial charge in [0, 0.05) is 64.6 Å². The minimum Gasteiger partial charge on any atom is -0.444 e. The van der Waals surface area contributed by atoms with Gasteiger partial charge < -0.3 is 25.3 Å². The van der Waals surface area contributed by atoms with E-state index >= 15 is 0 Å². The van der Waals surface area contributed by atoms with Crippen molar-refractivity contribution in [3.63, 3.8) is 0 Å². The minimum atomic E-state index is -0.434. The van der Waals surface area contributed by atoms with Crippen molar-refractivity contribution in [3.05, 3.63) is 0 Å². The molecule has 0 bridgehead atoms.